The van der Waals surface area contributed by atoms with Crippen LogP contribution in [0.15, 0.2) is 67.0 Å². The molecule has 6 heteroatoms. The average molecular weight is 411 g/mol. The van der Waals surface area contributed by atoms with Crippen LogP contribution in [-0.2, 0) is 19.3 Å². The quantitative estimate of drug-likeness (QED) is 0.571. The predicted molar refractivity (Wildman–Crippen MR) is 85.5 cm³/mol. The summed E-state index contributed by atoms with van der Waals surface area (Å²) in [6, 6.07) is 15.7. The first-order chi connectivity index (χ1) is 11.4. The van der Waals surface area contributed by atoms with Crippen LogP contribution in [0.3, 0.4) is 0 Å². The molecular weight excluding hydrogens is 393 g/mol. The van der Waals surface area contributed by atoms with Gasteiger partial charge in [0.05, 0.1) is 5.56 Å². The van der Waals surface area contributed by atoms with Crippen LogP contribution >= 0.6 is 0 Å². The zero-order chi connectivity index (χ0) is 17.2. The molecule has 25 heavy (non-hydrogen) atoms. The maximum absolute atomic E-state index is 13.1. The van der Waals surface area contributed by atoms with Crippen molar-refractivity contribution in [3.05, 3.63) is 89.5 Å². The molecule has 3 rings (SSSR count). The predicted octanol–water partition coefficient (Wildman–Crippen LogP) is 1.20. The van der Waals surface area contributed by atoms with Gasteiger partial charge in [-0.1, -0.05) is 48.5 Å². The number of benzene rings is 2. The molecule has 0 spiro atoms. The molecule has 3 aromatic rings. The number of hydrogen-bond donors (Lipinski definition) is 0. The Labute approximate surface area is 155 Å². The fraction of sp³-hybridized carbons (Fsp3) is 0.211. The van der Waals surface area contributed by atoms with E-state index < -0.39 is 11.7 Å². The molecule has 0 aliphatic heterocycles. The van der Waals surface area contributed by atoms with E-state index >= 15 is 0 Å². The second kappa shape index (κ2) is 7.87. The highest BCUT2D eigenvalue weighted by Crippen LogP contribution is 2.32. The molecule has 0 saturated heterocycles. The molecule has 0 atom stereocenters. The van der Waals surface area contributed by atoms with Crippen LogP contribution in [0.2, 0.25) is 0 Å². The van der Waals surface area contributed by atoms with Crippen LogP contribution in [0.1, 0.15) is 22.5 Å². The average Bonchev–Trinajstić information content (AvgIpc) is 2.89. The highest BCUT2D eigenvalue weighted by molar-refractivity contribution is 5.30. The lowest BCUT2D eigenvalue weighted by Crippen LogP contribution is -3.00. The van der Waals surface area contributed by atoms with E-state index in [0.29, 0.717) is 6.54 Å². The molecule has 2 aromatic carbocycles. The number of halogens is 4. The molecule has 0 aliphatic rings. The minimum atomic E-state index is -4.34. The molecule has 1 heterocycles. The number of nitrogens with zero attached hydrogens (tertiary/aromatic N) is 2. The smallest absolute Gasteiger partial charge is 0.416 e. The lowest BCUT2D eigenvalue weighted by Gasteiger charge is -2.11. The van der Waals surface area contributed by atoms with Gasteiger partial charge in [-0.15, -0.1) is 0 Å². The summed E-state index contributed by atoms with van der Waals surface area (Å²) in [6.07, 6.45) is -0.609. The summed E-state index contributed by atoms with van der Waals surface area (Å²) in [7, 11) is 0. The normalized spacial score (nSPS) is 11.2. The maximum Gasteiger partial charge on any atom is 0.416 e. The van der Waals surface area contributed by atoms with Crippen molar-refractivity contribution >= 4 is 0 Å². The van der Waals surface area contributed by atoms with E-state index in [0.717, 1.165) is 17.5 Å². The topological polar surface area (TPSA) is 8.81 Å². The van der Waals surface area contributed by atoms with Crippen molar-refractivity contribution in [3.8, 4) is 0 Å². The molecule has 0 amide bonds. The van der Waals surface area contributed by atoms with Crippen LogP contribution in [0.25, 0.3) is 0 Å². The summed E-state index contributed by atoms with van der Waals surface area (Å²) in [5.74, 6) is 0.913. The van der Waals surface area contributed by atoms with Gasteiger partial charge in [0.1, 0.15) is 25.5 Å². The van der Waals surface area contributed by atoms with E-state index in [1.54, 1.807) is 6.07 Å². The first kappa shape index (κ1) is 19.2. The zero-order valence-corrected chi connectivity index (χ0v) is 15.3. The molecule has 0 saturated carbocycles. The van der Waals surface area contributed by atoms with Gasteiger partial charge in [0.2, 0.25) is 0 Å². The zero-order valence-electron chi connectivity index (χ0n) is 13.7. The molecule has 0 fully saturated rings. The molecule has 0 radical (unpaired) electrons. The first-order valence-corrected chi connectivity index (χ1v) is 7.69. The van der Waals surface area contributed by atoms with E-state index in [9.17, 15) is 13.2 Å². The minimum absolute atomic E-state index is 0. The maximum atomic E-state index is 13.1. The minimum Gasteiger partial charge on any atom is -1.00 e. The van der Waals surface area contributed by atoms with Gasteiger partial charge in [-0.25, -0.2) is 9.13 Å². The van der Waals surface area contributed by atoms with Crippen molar-refractivity contribution in [2.45, 2.75) is 26.2 Å². The molecule has 0 aliphatic carbocycles. The van der Waals surface area contributed by atoms with Gasteiger partial charge in [0.25, 0.3) is 5.82 Å². The van der Waals surface area contributed by atoms with Crippen molar-refractivity contribution in [1.29, 1.82) is 0 Å². The SMILES string of the molecule is Cc1n(Cc2ccccc2C(F)(F)F)cc[n+]1Cc1ccccc1.[Br-]. The molecule has 1 aromatic heterocycles. The fourth-order valence-corrected chi connectivity index (χ4v) is 2.77. The molecule has 0 unspecified atom stereocenters. The standard InChI is InChI=1S/C19H18F3N2.BrH/c1-15-23(13-16-7-3-2-4-8-16)11-12-24(15)14-17-9-5-6-10-18(17)19(20,21)22;/h2-12H,13-14H2,1H3;1H/q+1;/p-1. The number of imidazole rings is 1. The summed E-state index contributed by atoms with van der Waals surface area (Å²) in [5, 5.41) is 0. The highest BCUT2D eigenvalue weighted by atomic mass is 79.9. The van der Waals surface area contributed by atoms with E-state index in [4.69, 9.17) is 0 Å². The number of alkyl halides is 3. The van der Waals surface area contributed by atoms with Crippen molar-refractivity contribution < 1.29 is 34.7 Å². The molecule has 0 N–H and O–H groups in total. The Kier molecular flexibility index (Phi) is 6.06. The van der Waals surface area contributed by atoms with Crippen molar-refractivity contribution in [3.63, 3.8) is 0 Å². The number of aromatic nitrogens is 2. The Morgan fingerprint density at radius 2 is 1.60 bits per heavy atom. The third-order valence-electron chi connectivity index (χ3n) is 4.12. The van der Waals surface area contributed by atoms with Crippen LogP contribution in [0.5, 0.6) is 0 Å². The largest absolute Gasteiger partial charge is 1.00 e. The van der Waals surface area contributed by atoms with Crippen LogP contribution in [-0.4, -0.2) is 4.57 Å². The van der Waals surface area contributed by atoms with Gasteiger partial charge in [0.15, 0.2) is 0 Å². The molecule has 0 bridgehead atoms. The lowest BCUT2D eigenvalue weighted by atomic mass is 10.1. The van der Waals surface area contributed by atoms with E-state index in [1.807, 2.05) is 58.8 Å². The Morgan fingerprint density at radius 3 is 2.28 bits per heavy atom. The van der Waals surface area contributed by atoms with Gasteiger partial charge in [-0.2, -0.15) is 13.2 Å². The summed E-state index contributed by atoms with van der Waals surface area (Å²) in [5.41, 5.74) is 0.849. The lowest BCUT2D eigenvalue weighted by molar-refractivity contribution is -0.693. The van der Waals surface area contributed by atoms with E-state index in [2.05, 4.69) is 0 Å². The van der Waals surface area contributed by atoms with Crippen LogP contribution in [0.4, 0.5) is 13.2 Å². The van der Waals surface area contributed by atoms with Crippen LogP contribution < -0.4 is 21.5 Å². The number of hydrogen-bond acceptors (Lipinski definition) is 0. The Balaban J connectivity index is 0.00000225. The Morgan fingerprint density at radius 1 is 0.960 bits per heavy atom. The summed E-state index contributed by atoms with van der Waals surface area (Å²) in [4.78, 5) is 0. The van der Waals surface area contributed by atoms with E-state index in [1.165, 1.54) is 12.1 Å². The summed E-state index contributed by atoms with van der Waals surface area (Å²) >= 11 is 0. The van der Waals surface area contributed by atoms with E-state index in [-0.39, 0.29) is 29.1 Å². The van der Waals surface area contributed by atoms with Gasteiger partial charge in [0, 0.05) is 12.5 Å². The van der Waals surface area contributed by atoms with Crippen LogP contribution in [0, 0.1) is 6.92 Å². The molecular formula is C19H18BrF3N2. The molecule has 132 valence electrons. The third-order valence-corrected chi connectivity index (χ3v) is 4.12. The first-order valence-electron chi connectivity index (χ1n) is 7.69. The summed E-state index contributed by atoms with van der Waals surface area (Å²) < 4.78 is 43.3. The Bertz CT molecular complexity index is 826. The summed E-state index contributed by atoms with van der Waals surface area (Å²) in [6.45, 7) is 2.81. The second-order valence-corrected chi connectivity index (χ2v) is 5.74. The third kappa shape index (κ3) is 4.51. The van der Waals surface area contributed by atoms with Crippen molar-refractivity contribution in [1.82, 2.24) is 4.57 Å². The monoisotopic (exact) mass is 410 g/mol. The number of rotatable bonds is 4. The molecule has 2 nitrogen and oxygen atoms in total. The van der Waals surface area contributed by atoms with Gasteiger partial charge in [-0.3, -0.25) is 0 Å². The van der Waals surface area contributed by atoms with Crippen molar-refractivity contribution in [2.24, 2.45) is 0 Å². The van der Waals surface area contributed by atoms with Gasteiger partial charge >= 0.3 is 6.18 Å². The van der Waals surface area contributed by atoms with Gasteiger partial charge in [-0.05, 0) is 11.6 Å². The Hall–Kier alpha value is -2.08. The highest BCUT2D eigenvalue weighted by Gasteiger charge is 2.33. The van der Waals surface area contributed by atoms with Crippen molar-refractivity contribution in [2.75, 3.05) is 0 Å². The second-order valence-electron chi connectivity index (χ2n) is 5.74. The van der Waals surface area contributed by atoms with Gasteiger partial charge < -0.3 is 17.0 Å². The fourth-order valence-electron chi connectivity index (χ4n) is 2.77.